The van der Waals surface area contributed by atoms with Crippen molar-refractivity contribution >= 4 is 18.3 Å². The molecule has 0 bridgehead atoms. The lowest BCUT2D eigenvalue weighted by atomic mass is 9.83. The summed E-state index contributed by atoms with van der Waals surface area (Å²) in [6, 6.07) is 0.429. The zero-order valence-corrected chi connectivity index (χ0v) is 11.7. The maximum Gasteiger partial charge on any atom is 0.220 e. The Bertz CT molecular complexity index is 204. The summed E-state index contributed by atoms with van der Waals surface area (Å²) in [4.78, 5) is 11.5. The number of carbonyl (C=O) groups is 1. The summed E-state index contributed by atoms with van der Waals surface area (Å²) in [5.41, 5.74) is 5.38. The van der Waals surface area contributed by atoms with Crippen LogP contribution in [0.4, 0.5) is 0 Å². The first-order valence-corrected chi connectivity index (χ1v) is 6.75. The van der Waals surface area contributed by atoms with E-state index in [1.54, 1.807) is 0 Å². The Morgan fingerprint density at radius 1 is 1.29 bits per heavy atom. The van der Waals surface area contributed by atoms with Crippen LogP contribution in [0.15, 0.2) is 0 Å². The van der Waals surface area contributed by atoms with Crippen molar-refractivity contribution in [2.24, 2.45) is 11.7 Å². The summed E-state index contributed by atoms with van der Waals surface area (Å²) in [5.74, 6) is 1.09. The first kappa shape index (κ1) is 16.7. The van der Waals surface area contributed by atoms with Crippen molar-refractivity contribution in [2.75, 3.05) is 6.54 Å². The minimum atomic E-state index is 0. The molecular formula is C13H27ClN2O. The topological polar surface area (TPSA) is 55.1 Å². The Hall–Kier alpha value is -0.280. The smallest absolute Gasteiger partial charge is 0.220 e. The molecule has 1 aliphatic carbocycles. The van der Waals surface area contributed by atoms with E-state index in [4.69, 9.17) is 5.73 Å². The van der Waals surface area contributed by atoms with Crippen molar-refractivity contribution in [1.29, 1.82) is 0 Å². The monoisotopic (exact) mass is 262 g/mol. The lowest BCUT2D eigenvalue weighted by Crippen LogP contribution is -2.37. The highest BCUT2D eigenvalue weighted by atomic mass is 35.5. The van der Waals surface area contributed by atoms with Crippen LogP contribution in [0.1, 0.15) is 58.3 Å². The largest absolute Gasteiger partial charge is 0.353 e. The van der Waals surface area contributed by atoms with Gasteiger partial charge in [0.05, 0.1) is 0 Å². The van der Waals surface area contributed by atoms with E-state index < -0.39 is 0 Å². The average Bonchev–Trinajstić information content (AvgIpc) is 2.29. The predicted octanol–water partition coefficient (Wildman–Crippen LogP) is 2.62. The number of hydrogen-bond donors (Lipinski definition) is 2. The second-order valence-corrected chi connectivity index (χ2v) is 4.97. The van der Waals surface area contributed by atoms with Crippen molar-refractivity contribution in [3.8, 4) is 0 Å². The van der Waals surface area contributed by atoms with Gasteiger partial charge >= 0.3 is 0 Å². The van der Waals surface area contributed by atoms with Crippen LogP contribution in [-0.4, -0.2) is 18.5 Å². The molecule has 1 rings (SSSR count). The number of nitrogens with two attached hydrogens (primary N) is 1. The molecule has 3 nitrogen and oxygen atoms in total. The molecule has 0 unspecified atom stereocenters. The van der Waals surface area contributed by atoms with Gasteiger partial charge in [-0.1, -0.05) is 19.8 Å². The highest BCUT2D eigenvalue weighted by Gasteiger charge is 2.21. The van der Waals surface area contributed by atoms with Crippen LogP contribution in [-0.2, 0) is 4.79 Å². The molecule has 1 aliphatic rings. The number of halogens is 1. The standard InChI is InChI=1S/C13H26N2O.ClH/c1-2-4-11-6-8-12(9-7-11)15-13(16)5-3-10-14;/h11-12H,2-10,14H2,1H3,(H,15,16);1H. The first-order chi connectivity index (χ1) is 7.76. The summed E-state index contributed by atoms with van der Waals surface area (Å²) in [6.07, 6.45) is 8.94. The Labute approximate surface area is 111 Å². The Kier molecular flexibility index (Phi) is 9.56. The third-order valence-corrected chi connectivity index (χ3v) is 3.52. The van der Waals surface area contributed by atoms with E-state index in [2.05, 4.69) is 12.2 Å². The third kappa shape index (κ3) is 6.89. The molecule has 1 saturated carbocycles. The van der Waals surface area contributed by atoms with Crippen LogP contribution >= 0.6 is 12.4 Å². The van der Waals surface area contributed by atoms with Crippen LogP contribution < -0.4 is 11.1 Å². The average molecular weight is 263 g/mol. The number of amides is 1. The van der Waals surface area contributed by atoms with Gasteiger partial charge in [-0.25, -0.2) is 0 Å². The van der Waals surface area contributed by atoms with E-state index in [9.17, 15) is 4.79 Å². The zero-order chi connectivity index (χ0) is 11.8. The zero-order valence-electron chi connectivity index (χ0n) is 10.9. The fourth-order valence-corrected chi connectivity index (χ4v) is 2.57. The summed E-state index contributed by atoms with van der Waals surface area (Å²) in [7, 11) is 0. The van der Waals surface area contributed by atoms with Gasteiger partial charge in [0.1, 0.15) is 0 Å². The molecule has 1 amide bonds. The van der Waals surface area contributed by atoms with Gasteiger partial charge in [0.15, 0.2) is 0 Å². The van der Waals surface area contributed by atoms with Gasteiger partial charge in [-0.15, -0.1) is 12.4 Å². The summed E-state index contributed by atoms with van der Waals surface area (Å²) < 4.78 is 0. The molecule has 0 aromatic rings. The van der Waals surface area contributed by atoms with Crippen LogP contribution in [0.25, 0.3) is 0 Å². The lowest BCUT2D eigenvalue weighted by molar-refractivity contribution is -0.122. The summed E-state index contributed by atoms with van der Waals surface area (Å²) in [6.45, 7) is 2.86. The molecule has 17 heavy (non-hydrogen) atoms. The van der Waals surface area contributed by atoms with Gasteiger partial charge < -0.3 is 11.1 Å². The Balaban J connectivity index is 0.00000256. The fraction of sp³-hybridized carbons (Fsp3) is 0.923. The van der Waals surface area contributed by atoms with E-state index >= 15 is 0 Å². The molecular weight excluding hydrogens is 236 g/mol. The molecule has 3 N–H and O–H groups in total. The molecule has 0 radical (unpaired) electrons. The highest BCUT2D eigenvalue weighted by Crippen LogP contribution is 2.27. The van der Waals surface area contributed by atoms with Crippen LogP contribution in [0.3, 0.4) is 0 Å². The molecule has 1 fully saturated rings. The summed E-state index contributed by atoms with van der Waals surface area (Å²) >= 11 is 0. The van der Waals surface area contributed by atoms with Gasteiger partial charge in [-0.2, -0.15) is 0 Å². The molecule has 0 saturated heterocycles. The van der Waals surface area contributed by atoms with Crippen molar-refractivity contribution in [3.63, 3.8) is 0 Å². The quantitative estimate of drug-likeness (QED) is 0.773. The van der Waals surface area contributed by atoms with Crippen LogP contribution in [0.5, 0.6) is 0 Å². The van der Waals surface area contributed by atoms with Crippen molar-refractivity contribution < 1.29 is 4.79 Å². The Morgan fingerprint density at radius 3 is 2.47 bits per heavy atom. The normalized spacial score (nSPS) is 23.9. The SMILES string of the molecule is CCCC1CCC(NC(=O)CCCN)CC1.Cl. The molecule has 0 atom stereocenters. The number of hydrogen-bond acceptors (Lipinski definition) is 2. The number of nitrogens with one attached hydrogen (secondary N) is 1. The van der Waals surface area contributed by atoms with Gasteiger partial charge in [-0.3, -0.25) is 4.79 Å². The number of carbonyl (C=O) groups excluding carboxylic acids is 1. The van der Waals surface area contributed by atoms with Crippen LogP contribution in [0.2, 0.25) is 0 Å². The summed E-state index contributed by atoms with van der Waals surface area (Å²) in [5, 5.41) is 3.12. The van der Waals surface area contributed by atoms with Crippen LogP contribution in [0, 0.1) is 5.92 Å². The maximum absolute atomic E-state index is 11.5. The highest BCUT2D eigenvalue weighted by molar-refractivity contribution is 5.85. The molecule has 0 spiro atoms. The molecule has 4 heteroatoms. The van der Waals surface area contributed by atoms with Crippen molar-refractivity contribution in [2.45, 2.75) is 64.3 Å². The predicted molar refractivity (Wildman–Crippen MR) is 74.3 cm³/mol. The molecule has 0 aromatic carbocycles. The Morgan fingerprint density at radius 2 is 1.94 bits per heavy atom. The maximum atomic E-state index is 11.5. The van der Waals surface area contributed by atoms with Gasteiger partial charge in [0.25, 0.3) is 0 Å². The second-order valence-electron chi connectivity index (χ2n) is 4.97. The fourth-order valence-electron chi connectivity index (χ4n) is 2.57. The van der Waals surface area contributed by atoms with Gasteiger partial charge in [0, 0.05) is 12.5 Å². The minimum absolute atomic E-state index is 0. The minimum Gasteiger partial charge on any atom is -0.353 e. The van der Waals surface area contributed by atoms with E-state index in [-0.39, 0.29) is 18.3 Å². The van der Waals surface area contributed by atoms with Crippen molar-refractivity contribution in [1.82, 2.24) is 5.32 Å². The second kappa shape index (κ2) is 9.72. The van der Waals surface area contributed by atoms with Gasteiger partial charge in [-0.05, 0) is 44.6 Å². The molecule has 102 valence electrons. The van der Waals surface area contributed by atoms with E-state index in [0.29, 0.717) is 19.0 Å². The number of rotatable bonds is 6. The lowest BCUT2D eigenvalue weighted by Gasteiger charge is -2.28. The third-order valence-electron chi connectivity index (χ3n) is 3.52. The van der Waals surface area contributed by atoms with E-state index in [0.717, 1.165) is 12.3 Å². The molecule has 0 aromatic heterocycles. The molecule has 0 aliphatic heterocycles. The van der Waals surface area contributed by atoms with E-state index in [1.807, 2.05) is 0 Å². The van der Waals surface area contributed by atoms with Gasteiger partial charge in [0.2, 0.25) is 5.91 Å². The molecule has 0 heterocycles. The van der Waals surface area contributed by atoms with E-state index in [1.165, 1.54) is 38.5 Å². The van der Waals surface area contributed by atoms with Crippen molar-refractivity contribution in [3.05, 3.63) is 0 Å². The first-order valence-electron chi connectivity index (χ1n) is 6.75.